The van der Waals surface area contributed by atoms with Crippen molar-refractivity contribution in [3.05, 3.63) is 69.8 Å². The van der Waals surface area contributed by atoms with E-state index in [0.717, 1.165) is 17.2 Å². The van der Waals surface area contributed by atoms with Gasteiger partial charge in [0.15, 0.2) is 0 Å². The second-order valence-electron chi connectivity index (χ2n) is 9.97. The van der Waals surface area contributed by atoms with Gasteiger partial charge in [0.2, 0.25) is 9.70 Å². The Bertz CT molecular complexity index is 1440. The van der Waals surface area contributed by atoms with Crippen molar-refractivity contribution in [3.8, 4) is 0 Å². The second-order valence-corrected chi connectivity index (χ2v) is 13.9. The second kappa shape index (κ2) is 12.1. The quantitative estimate of drug-likeness (QED) is 0.169. The Hall–Kier alpha value is -1.94. The minimum atomic E-state index is -5.14. The highest BCUT2D eigenvalue weighted by Gasteiger charge is 2.45. The van der Waals surface area contributed by atoms with Gasteiger partial charge in [0.1, 0.15) is 0 Å². The van der Waals surface area contributed by atoms with Gasteiger partial charge in [-0.25, -0.2) is 0 Å². The molecule has 2 aromatic carbocycles. The van der Waals surface area contributed by atoms with Crippen LogP contribution in [0.4, 0.5) is 39.5 Å². The molecular formula is C25H21Cl3F9NO4S. The normalized spacial score (nSPS) is 18.8. The summed E-state index contributed by atoms with van der Waals surface area (Å²) in [5.41, 5.74) is -7.26. The standard InChI is InChI=1S/C25H21Cl3F9NO4S/c1-43(40,41)42-7-5-21(15-2-3-18(22(26,27)28)19(12-15)25(35,36)37)4-6-38(13-21)20(39)10-14-8-16(23(29,30)31)11-17(9-14)24(32,33)34/h2-3,8-9,11-12H,4-7,10,13H2,1H3. The maximum atomic E-state index is 14.0. The molecule has 1 aliphatic rings. The van der Waals surface area contributed by atoms with Crippen molar-refractivity contribution in [2.45, 2.75) is 47.0 Å². The molecule has 0 aliphatic carbocycles. The molecule has 1 amide bonds. The highest BCUT2D eigenvalue weighted by atomic mass is 35.6. The molecule has 0 radical (unpaired) electrons. The zero-order valence-electron chi connectivity index (χ0n) is 21.7. The van der Waals surface area contributed by atoms with Crippen LogP contribution in [0.3, 0.4) is 0 Å². The van der Waals surface area contributed by atoms with Gasteiger partial charge in [-0.15, -0.1) is 0 Å². The summed E-state index contributed by atoms with van der Waals surface area (Å²) in [6.07, 6.45) is -15.7. The molecule has 5 nitrogen and oxygen atoms in total. The summed E-state index contributed by atoms with van der Waals surface area (Å²) in [6, 6.07) is 3.52. The van der Waals surface area contributed by atoms with E-state index in [1.165, 1.54) is 6.07 Å². The first-order valence-electron chi connectivity index (χ1n) is 12.0. The van der Waals surface area contributed by atoms with E-state index in [0.29, 0.717) is 18.2 Å². The van der Waals surface area contributed by atoms with Crippen molar-refractivity contribution in [1.82, 2.24) is 4.90 Å². The maximum absolute atomic E-state index is 14.0. The molecule has 3 rings (SSSR count). The average molecular weight is 709 g/mol. The molecule has 1 fully saturated rings. The molecule has 1 saturated heterocycles. The summed E-state index contributed by atoms with van der Waals surface area (Å²) >= 11 is 17.2. The van der Waals surface area contributed by atoms with E-state index in [4.69, 9.17) is 39.0 Å². The number of carbonyl (C=O) groups is 1. The number of amides is 1. The summed E-state index contributed by atoms with van der Waals surface area (Å²) < 4.78 is 147. The minimum Gasteiger partial charge on any atom is -0.341 e. The van der Waals surface area contributed by atoms with Gasteiger partial charge < -0.3 is 4.90 Å². The third-order valence-electron chi connectivity index (χ3n) is 6.83. The number of hydrogen-bond acceptors (Lipinski definition) is 4. The molecular weight excluding hydrogens is 688 g/mol. The van der Waals surface area contributed by atoms with Crippen LogP contribution in [-0.2, 0) is 53.3 Å². The van der Waals surface area contributed by atoms with Crippen molar-refractivity contribution in [1.29, 1.82) is 0 Å². The molecule has 2 aromatic rings. The van der Waals surface area contributed by atoms with Crippen LogP contribution in [0, 0.1) is 0 Å². The number of rotatable bonds is 7. The number of nitrogens with zero attached hydrogens (tertiary/aromatic N) is 1. The van der Waals surface area contributed by atoms with E-state index in [9.17, 15) is 52.7 Å². The Balaban J connectivity index is 2.00. The monoisotopic (exact) mass is 707 g/mol. The van der Waals surface area contributed by atoms with E-state index in [1.807, 2.05) is 0 Å². The molecule has 0 N–H and O–H groups in total. The molecule has 1 heterocycles. The van der Waals surface area contributed by atoms with Crippen LogP contribution in [-0.4, -0.2) is 45.2 Å². The lowest BCUT2D eigenvalue weighted by molar-refractivity contribution is -0.143. The first-order chi connectivity index (χ1) is 19.3. The maximum Gasteiger partial charge on any atom is 0.416 e. The Morgan fingerprint density at radius 3 is 1.91 bits per heavy atom. The highest BCUT2D eigenvalue weighted by Crippen LogP contribution is 2.48. The molecule has 0 saturated carbocycles. The van der Waals surface area contributed by atoms with Crippen LogP contribution in [0.5, 0.6) is 0 Å². The van der Waals surface area contributed by atoms with Crippen molar-refractivity contribution >= 4 is 50.8 Å². The predicted molar refractivity (Wildman–Crippen MR) is 139 cm³/mol. The fourth-order valence-corrected chi connectivity index (χ4v) is 5.70. The topological polar surface area (TPSA) is 63.7 Å². The van der Waals surface area contributed by atoms with Gasteiger partial charge in [-0.3, -0.25) is 8.98 Å². The van der Waals surface area contributed by atoms with Gasteiger partial charge in [0, 0.05) is 24.1 Å². The number of hydrogen-bond donors (Lipinski definition) is 0. The molecule has 240 valence electrons. The SMILES string of the molecule is CS(=O)(=O)OCCC1(c2ccc(C(Cl)(Cl)Cl)c(C(F)(F)F)c2)CCN(C(=O)Cc2cc(C(F)(F)F)cc(C(F)(F)F)c2)C1. The number of alkyl halides is 12. The lowest BCUT2D eigenvalue weighted by Gasteiger charge is -2.31. The smallest absolute Gasteiger partial charge is 0.341 e. The number of halogens is 12. The lowest BCUT2D eigenvalue weighted by atomic mass is 9.76. The van der Waals surface area contributed by atoms with Crippen LogP contribution >= 0.6 is 34.8 Å². The first kappa shape index (κ1) is 35.5. The summed E-state index contributed by atoms with van der Waals surface area (Å²) in [6.45, 7) is -1.05. The van der Waals surface area contributed by atoms with Crippen LogP contribution in [0.25, 0.3) is 0 Å². The van der Waals surface area contributed by atoms with Gasteiger partial charge in [0.05, 0.1) is 36.0 Å². The van der Waals surface area contributed by atoms with Crippen LogP contribution < -0.4 is 0 Å². The summed E-state index contributed by atoms with van der Waals surface area (Å²) in [4.78, 5) is 14.2. The van der Waals surface area contributed by atoms with Crippen molar-refractivity contribution in [3.63, 3.8) is 0 Å². The fraction of sp³-hybridized carbons (Fsp3) is 0.480. The summed E-state index contributed by atoms with van der Waals surface area (Å²) in [5.74, 6) is -0.910. The number of carbonyl (C=O) groups excluding carboxylic acids is 1. The molecule has 1 aliphatic heterocycles. The van der Waals surface area contributed by atoms with E-state index >= 15 is 0 Å². The zero-order chi connectivity index (χ0) is 32.8. The lowest BCUT2D eigenvalue weighted by Crippen LogP contribution is -2.36. The fourth-order valence-electron chi connectivity index (χ4n) is 4.82. The van der Waals surface area contributed by atoms with Gasteiger partial charge in [-0.05, 0) is 48.2 Å². The van der Waals surface area contributed by atoms with E-state index in [1.54, 1.807) is 0 Å². The van der Waals surface area contributed by atoms with Gasteiger partial charge in [-0.1, -0.05) is 46.9 Å². The van der Waals surface area contributed by atoms with Crippen molar-refractivity contribution in [2.75, 3.05) is 26.0 Å². The molecule has 0 spiro atoms. The predicted octanol–water partition coefficient (Wildman–Crippen LogP) is 7.65. The van der Waals surface area contributed by atoms with Crippen molar-refractivity contribution in [2.24, 2.45) is 0 Å². The Morgan fingerprint density at radius 1 is 0.884 bits per heavy atom. The number of benzene rings is 2. The molecule has 1 unspecified atom stereocenters. The van der Waals surface area contributed by atoms with Crippen LogP contribution in [0.2, 0.25) is 0 Å². The Kier molecular flexibility index (Phi) is 10.0. The number of likely N-dealkylation sites (tertiary alicyclic amines) is 1. The molecule has 1 atom stereocenters. The highest BCUT2D eigenvalue weighted by molar-refractivity contribution is 7.85. The molecule has 18 heteroatoms. The van der Waals surface area contributed by atoms with E-state index in [-0.39, 0.29) is 37.6 Å². The first-order valence-corrected chi connectivity index (χ1v) is 15.0. The molecule has 0 bridgehead atoms. The minimum absolute atomic E-state index is 0.0383. The molecule has 43 heavy (non-hydrogen) atoms. The van der Waals surface area contributed by atoms with E-state index < -0.39 is 84.6 Å². The summed E-state index contributed by atoms with van der Waals surface area (Å²) in [7, 11) is -3.98. The Morgan fingerprint density at radius 2 is 1.44 bits per heavy atom. The summed E-state index contributed by atoms with van der Waals surface area (Å²) in [5, 5.41) is 0. The zero-order valence-corrected chi connectivity index (χ0v) is 24.8. The molecule has 0 aromatic heterocycles. The van der Waals surface area contributed by atoms with Gasteiger partial charge in [0.25, 0.3) is 10.1 Å². The van der Waals surface area contributed by atoms with E-state index in [2.05, 4.69) is 0 Å². The van der Waals surface area contributed by atoms with Gasteiger partial charge in [-0.2, -0.15) is 47.9 Å². The largest absolute Gasteiger partial charge is 0.416 e. The Labute approximate surface area is 254 Å². The average Bonchev–Trinajstić information content (AvgIpc) is 3.26. The van der Waals surface area contributed by atoms with Crippen molar-refractivity contribution < 1.29 is 56.9 Å². The van der Waals surface area contributed by atoms with Crippen LogP contribution in [0.15, 0.2) is 36.4 Å². The third-order valence-corrected chi connectivity index (χ3v) is 8.04. The third kappa shape index (κ3) is 9.05. The van der Waals surface area contributed by atoms with Crippen LogP contribution in [0.1, 0.15) is 46.2 Å². The van der Waals surface area contributed by atoms with Gasteiger partial charge >= 0.3 is 18.5 Å².